The molecule has 0 spiro atoms. The maximum Gasteiger partial charge on any atom is 0.251 e. The van der Waals surface area contributed by atoms with Crippen molar-refractivity contribution in [1.29, 1.82) is 0 Å². The van der Waals surface area contributed by atoms with Crippen LogP contribution in [0, 0.1) is 11.8 Å². The number of nitrogens with zero attached hydrogens (tertiary/aromatic N) is 4. The number of nitrogens with two attached hydrogens (primary N) is 1. The molecule has 1 aliphatic carbocycles. The van der Waals surface area contributed by atoms with E-state index in [1.165, 1.54) is 6.33 Å². The van der Waals surface area contributed by atoms with Gasteiger partial charge in [0, 0.05) is 12.7 Å². The zero-order valence-electron chi connectivity index (χ0n) is 19.0. The van der Waals surface area contributed by atoms with Crippen LogP contribution in [0.15, 0.2) is 42.6 Å². The highest BCUT2D eigenvalue weighted by Gasteiger charge is 2.30. The van der Waals surface area contributed by atoms with E-state index in [9.17, 15) is 0 Å². The number of aromatic nitrogens is 4. The van der Waals surface area contributed by atoms with Crippen LogP contribution in [-0.4, -0.2) is 38.9 Å². The first-order valence-electron chi connectivity index (χ1n) is 11.5. The summed E-state index contributed by atoms with van der Waals surface area (Å²) < 4.78 is 8.14. The first-order valence-corrected chi connectivity index (χ1v) is 11.5. The number of anilines is 1. The predicted molar refractivity (Wildman–Crippen MR) is 125 cm³/mol. The lowest BCUT2D eigenvalue weighted by Gasteiger charge is -2.22. The quantitative estimate of drug-likeness (QED) is 0.690. The molecule has 1 fully saturated rings. The average Bonchev–Trinajstić information content (AvgIpc) is 3.40. The van der Waals surface area contributed by atoms with Crippen LogP contribution in [-0.2, 0) is 6.54 Å². The van der Waals surface area contributed by atoms with Gasteiger partial charge in [-0.25, -0.2) is 14.6 Å². The van der Waals surface area contributed by atoms with Gasteiger partial charge in [0.15, 0.2) is 5.65 Å². The van der Waals surface area contributed by atoms with Gasteiger partial charge >= 0.3 is 0 Å². The Balaban J connectivity index is 0.000000645. The number of piperidine rings is 1. The Labute approximate surface area is 184 Å². The van der Waals surface area contributed by atoms with E-state index in [1.54, 1.807) is 0 Å². The molecule has 2 unspecified atom stereocenters. The van der Waals surface area contributed by atoms with Crippen LogP contribution in [0.3, 0.4) is 0 Å². The Hall–Kier alpha value is -2.87. The second kappa shape index (κ2) is 10.9. The van der Waals surface area contributed by atoms with E-state index in [2.05, 4.69) is 32.8 Å². The number of nitrogens with one attached hydrogen (secondary N) is 2. The Morgan fingerprint density at radius 1 is 1.10 bits per heavy atom. The van der Waals surface area contributed by atoms with Crippen molar-refractivity contribution in [2.45, 2.75) is 53.1 Å². The molecular weight excluding hydrogens is 390 g/mol. The van der Waals surface area contributed by atoms with Gasteiger partial charge in [-0.05, 0) is 31.8 Å². The van der Waals surface area contributed by atoms with Gasteiger partial charge in [0.1, 0.15) is 23.3 Å². The summed E-state index contributed by atoms with van der Waals surface area (Å²) in [5.74, 6) is 2.44. The first kappa shape index (κ1) is 22.8. The standard InChI is InChI=1S/C19H23N7O.2C2H6/c20-17-16-18(24-11-23-17)26(10-12-5-7-21-8-6-12)25-19(16)27-15-9-22-14-4-2-1-3-13(14)15;2*1-2/h1-4,9,11-14,21-22H,5-8,10H2,(H2,20,23,24);2*1-2H3. The maximum absolute atomic E-state index is 6.22. The highest BCUT2D eigenvalue weighted by atomic mass is 16.5. The molecule has 0 saturated carbocycles. The van der Waals surface area contributed by atoms with Gasteiger partial charge in [-0.1, -0.05) is 52.0 Å². The van der Waals surface area contributed by atoms with Crippen LogP contribution >= 0.6 is 0 Å². The number of hydrogen-bond acceptors (Lipinski definition) is 7. The van der Waals surface area contributed by atoms with E-state index in [0.29, 0.717) is 23.0 Å². The SMILES string of the molecule is CC.CC.Nc1ncnc2c1c(OC1=CNC3C=CC=CC13)nn2CC1CCNCC1. The molecule has 4 heterocycles. The summed E-state index contributed by atoms with van der Waals surface area (Å²) in [5.41, 5.74) is 6.89. The maximum atomic E-state index is 6.22. The molecule has 2 aromatic heterocycles. The normalized spacial score (nSPS) is 21.9. The number of rotatable bonds is 4. The van der Waals surface area contributed by atoms with Crippen molar-refractivity contribution in [1.82, 2.24) is 30.4 Å². The largest absolute Gasteiger partial charge is 0.439 e. The van der Waals surface area contributed by atoms with Gasteiger partial charge in [0.05, 0.1) is 12.0 Å². The fourth-order valence-electron chi connectivity index (χ4n) is 4.03. The number of fused-ring (bicyclic) bond motifs is 2. The summed E-state index contributed by atoms with van der Waals surface area (Å²) in [6, 6.07) is 0.224. The minimum absolute atomic E-state index is 0.158. The molecule has 2 atom stereocenters. The molecule has 0 amide bonds. The third-order valence-electron chi connectivity index (χ3n) is 5.51. The highest BCUT2D eigenvalue weighted by molar-refractivity contribution is 5.90. The molecular formula is C23H35N7O. The molecule has 2 aliphatic heterocycles. The van der Waals surface area contributed by atoms with Gasteiger partial charge in [0.2, 0.25) is 0 Å². The molecule has 3 aliphatic rings. The minimum atomic E-state index is 0.158. The first-order chi connectivity index (χ1) is 15.3. The summed E-state index contributed by atoms with van der Waals surface area (Å²) >= 11 is 0. The van der Waals surface area contributed by atoms with Crippen LogP contribution in [0.2, 0.25) is 0 Å². The monoisotopic (exact) mass is 425 g/mol. The summed E-state index contributed by atoms with van der Waals surface area (Å²) in [6.07, 6.45) is 14.0. The second-order valence-corrected chi connectivity index (χ2v) is 7.27. The molecule has 8 heteroatoms. The van der Waals surface area contributed by atoms with Gasteiger partial charge in [0.25, 0.3) is 5.88 Å². The van der Waals surface area contributed by atoms with Crippen molar-refractivity contribution < 1.29 is 4.74 Å². The fraction of sp³-hybridized carbons (Fsp3) is 0.522. The van der Waals surface area contributed by atoms with Gasteiger partial charge in [-0.15, -0.1) is 5.10 Å². The zero-order valence-corrected chi connectivity index (χ0v) is 19.0. The van der Waals surface area contributed by atoms with Crippen molar-refractivity contribution in [3.8, 4) is 5.88 Å². The van der Waals surface area contributed by atoms with E-state index in [1.807, 2.05) is 50.7 Å². The molecule has 5 rings (SSSR count). The lowest BCUT2D eigenvalue weighted by atomic mass is 9.96. The van der Waals surface area contributed by atoms with E-state index < -0.39 is 0 Å². The summed E-state index contributed by atoms with van der Waals surface area (Å²) in [5, 5.41) is 12.1. The third kappa shape index (κ3) is 4.90. The van der Waals surface area contributed by atoms with Crippen LogP contribution in [0.1, 0.15) is 40.5 Å². The minimum Gasteiger partial charge on any atom is -0.439 e. The van der Waals surface area contributed by atoms with E-state index in [-0.39, 0.29) is 12.0 Å². The molecule has 168 valence electrons. The summed E-state index contributed by atoms with van der Waals surface area (Å²) in [7, 11) is 0. The molecule has 0 radical (unpaired) electrons. The van der Waals surface area contributed by atoms with Crippen molar-refractivity contribution >= 4 is 16.9 Å². The number of nitrogen functional groups attached to an aromatic ring is 1. The molecule has 4 N–H and O–H groups in total. The molecule has 0 bridgehead atoms. The van der Waals surface area contributed by atoms with Gasteiger partial charge < -0.3 is 21.1 Å². The lowest BCUT2D eigenvalue weighted by molar-refractivity contribution is 0.314. The van der Waals surface area contributed by atoms with Crippen molar-refractivity contribution in [3.63, 3.8) is 0 Å². The molecule has 2 aromatic rings. The van der Waals surface area contributed by atoms with E-state index >= 15 is 0 Å². The van der Waals surface area contributed by atoms with Crippen LogP contribution in [0.25, 0.3) is 11.0 Å². The van der Waals surface area contributed by atoms with Gasteiger partial charge in [-0.2, -0.15) is 0 Å². The average molecular weight is 426 g/mol. The van der Waals surface area contributed by atoms with Crippen LogP contribution < -0.4 is 21.1 Å². The number of hydrogen-bond donors (Lipinski definition) is 3. The lowest BCUT2D eigenvalue weighted by Crippen LogP contribution is -2.30. The second-order valence-electron chi connectivity index (χ2n) is 7.27. The van der Waals surface area contributed by atoms with E-state index in [0.717, 1.165) is 43.9 Å². The highest BCUT2D eigenvalue weighted by Crippen LogP contribution is 2.34. The summed E-state index contributed by atoms with van der Waals surface area (Å²) in [6.45, 7) is 10.9. The van der Waals surface area contributed by atoms with Crippen LogP contribution in [0.4, 0.5) is 5.82 Å². The molecule has 1 saturated heterocycles. The summed E-state index contributed by atoms with van der Waals surface area (Å²) in [4.78, 5) is 8.58. The van der Waals surface area contributed by atoms with Crippen LogP contribution in [0.5, 0.6) is 5.88 Å². The molecule has 31 heavy (non-hydrogen) atoms. The Kier molecular flexibility index (Phi) is 8.06. The smallest absolute Gasteiger partial charge is 0.251 e. The Bertz CT molecular complexity index is 941. The topological polar surface area (TPSA) is 103 Å². The molecule has 8 nitrogen and oxygen atoms in total. The number of allylic oxidation sites excluding steroid dienone is 2. The Morgan fingerprint density at radius 2 is 1.84 bits per heavy atom. The van der Waals surface area contributed by atoms with Gasteiger partial charge in [-0.3, -0.25) is 0 Å². The Morgan fingerprint density at radius 3 is 2.61 bits per heavy atom. The van der Waals surface area contributed by atoms with Crippen molar-refractivity contribution in [2.75, 3.05) is 18.8 Å². The van der Waals surface area contributed by atoms with Crippen molar-refractivity contribution in [2.24, 2.45) is 11.8 Å². The van der Waals surface area contributed by atoms with E-state index in [4.69, 9.17) is 15.6 Å². The molecule has 0 aromatic carbocycles. The van der Waals surface area contributed by atoms with Crippen molar-refractivity contribution in [3.05, 3.63) is 42.6 Å². The zero-order chi connectivity index (χ0) is 22.2. The fourth-order valence-corrected chi connectivity index (χ4v) is 4.03. The predicted octanol–water partition coefficient (Wildman–Crippen LogP) is 3.39. The third-order valence-corrected chi connectivity index (χ3v) is 5.51. The number of ether oxygens (including phenoxy) is 1.